The van der Waals surface area contributed by atoms with Gasteiger partial charge in [-0.3, -0.25) is 14.4 Å². The van der Waals surface area contributed by atoms with Crippen molar-refractivity contribution in [2.75, 3.05) is 31.7 Å². The summed E-state index contributed by atoms with van der Waals surface area (Å²) >= 11 is 0. The van der Waals surface area contributed by atoms with E-state index in [4.69, 9.17) is 4.74 Å². The Morgan fingerprint density at radius 3 is 2.93 bits per heavy atom. The highest BCUT2D eigenvalue weighted by molar-refractivity contribution is 5.93. The lowest BCUT2D eigenvalue weighted by atomic mass is 10.0. The standard InChI is InChI=1S/C21H25FN6O2/c1-26-20(18(12-23-26)30-13-16-5-7-27(16)9-6-22)15-4-8-28-17(10-15)11-19(25-28)24-21(29)14-2-3-14/h4,8,10-12,14,16H,2-3,5-7,9,13H2,1H3,(H,24,25,29)/t16-/m1/s1. The third-order valence-corrected chi connectivity index (χ3v) is 5.91. The minimum Gasteiger partial charge on any atom is -0.488 e. The van der Waals surface area contributed by atoms with E-state index < -0.39 is 0 Å². The topological polar surface area (TPSA) is 76.7 Å². The third-order valence-electron chi connectivity index (χ3n) is 5.91. The summed E-state index contributed by atoms with van der Waals surface area (Å²) in [6.07, 6.45) is 6.52. The van der Waals surface area contributed by atoms with Gasteiger partial charge in [-0.15, -0.1) is 0 Å². The van der Waals surface area contributed by atoms with Crippen LogP contribution in [0.3, 0.4) is 0 Å². The van der Waals surface area contributed by atoms with Crippen molar-refractivity contribution < 1.29 is 13.9 Å². The molecule has 8 nitrogen and oxygen atoms in total. The molecule has 0 bridgehead atoms. The zero-order chi connectivity index (χ0) is 20.7. The fraction of sp³-hybridized carbons (Fsp3) is 0.476. The lowest BCUT2D eigenvalue weighted by Gasteiger charge is -2.39. The highest BCUT2D eigenvalue weighted by Gasteiger charge is 2.30. The highest BCUT2D eigenvalue weighted by atomic mass is 19.1. The van der Waals surface area contributed by atoms with Gasteiger partial charge in [-0.25, -0.2) is 8.91 Å². The number of hydrogen-bond donors (Lipinski definition) is 1. The van der Waals surface area contributed by atoms with Gasteiger partial charge in [0.1, 0.15) is 19.0 Å². The van der Waals surface area contributed by atoms with Gasteiger partial charge in [-0.05, 0) is 31.4 Å². The second-order valence-electron chi connectivity index (χ2n) is 8.04. The number of aromatic nitrogens is 4. The number of ether oxygens (including phenoxy) is 1. The molecule has 30 heavy (non-hydrogen) atoms. The van der Waals surface area contributed by atoms with E-state index in [1.54, 1.807) is 15.4 Å². The molecule has 1 aliphatic heterocycles. The van der Waals surface area contributed by atoms with Gasteiger partial charge in [0.2, 0.25) is 5.91 Å². The summed E-state index contributed by atoms with van der Waals surface area (Å²) in [7, 11) is 1.88. The molecule has 1 aliphatic carbocycles. The van der Waals surface area contributed by atoms with Crippen LogP contribution in [0.15, 0.2) is 30.6 Å². The van der Waals surface area contributed by atoms with Crippen LogP contribution in [-0.2, 0) is 11.8 Å². The molecule has 2 fully saturated rings. The van der Waals surface area contributed by atoms with E-state index in [-0.39, 0.29) is 24.5 Å². The maximum absolute atomic E-state index is 12.6. The van der Waals surface area contributed by atoms with Crippen LogP contribution >= 0.6 is 0 Å². The predicted molar refractivity (Wildman–Crippen MR) is 110 cm³/mol. The van der Waals surface area contributed by atoms with Crippen LogP contribution in [0.5, 0.6) is 5.75 Å². The number of aryl methyl sites for hydroxylation is 1. The Morgan fingerprint density at radius 2 is 2.20 bits per heavy atom. The number of hydrogen-bond acceptors (Lipinski definition) is 5. The fourth-order valence-electron chi connectivity index (χ4n) is 3.90. The largest absolute Gasteiger partial charge is 0.488 e. The Bertz CT molecular complexity index is 1070. The Kier molecular flexibility index (Phi) is 4.90. The second-order valence-corrected chi connectivity index (χ2v) is 8.04. The Labute approximate surface area is 173 Å². The summed E-state index contributed by atoms with van der Waals surface area (Å²) in [6, 6.07) is 6.07. The summed E-state index contributed by atoms with van der Waals surface area (Å²) in [6.45, 7) is 1.58. The van der Waals surface area contributed by atoms with Crippen molar-refractivity contribution in [1.29, 1.82) is 0 Å². The maximum Gasteiger partial charge on any atom is 0.228 e. The molecule has 5 rings (SSSR count). The van der Waals surface area contributed by atoms with Crippen LogP contribution in [0.2, 0.25) is 0 Å². The number of nitrogens with zero attached hydrogens (tertiary/aromatic N) is 5. The van der Waals surface area contributed by atoms with Crippen molar-refractivity contribution in [3.8, 4) is 17.0 Å². The Hall–Kier alpha value is -2.94. The monoisotopic (exact) mass is 412 g/mol. The van der Waals surface area contributed by atoms with Crippen molar-refractivity contribution in [2.24, 2.45) is 13.0 Å². The molecule has 1 amide bonds. The molecule has 1 saturated heterocycles. The lowest BCUT2D eigenvalue weighted by Crippen LogP contribution is -2.51. The molecular formula is C21H25FN6O2. The first-order valence-electron chi connectivity index (χ1n) is 10.4. The number of carbonyl (C=O) groups excluding carboxylic acids is 1. The molecule has 0 spiro atoms. The van der Waals surface area contributed by atoms with Crippen molar-refractivity contribution >= 4 is 17.2 Å². The second kappa shape index (κ2) is 7.71. The van der Waals surface area contributed by atoms with E-state index in [9.17, 15) is 9.18 Å². The average Bonchev–Trinajstić information content (AvgIpc) is 3.40. The van der Waals surface area contributed by atoms with Crippen LogP contribution in [-0.4, -0.2) is 62.6 Å². The van der Waals surface area contributed by atoms with Crippen LogP contribution in [0.4, 0.5) is 10.2 Å². The summed E-state index contributed by atoms with van der Waals surface area (Å²) in [5, 5.41) is 11.7. The molecule has 0 unspecified atom stereocenters. The third kappa shape index (κ3) is 3.65. The molecule has 3 aromatic rings. The normalized spacial score (nSPS) is 19.1. The van der Waals surface area contributed by atoms with Gasteiger partial charge in [0.25, 0.3) is 0 Å². The van der Waals surface area contributed by atoms with Crippen LogP contribution in [0.25, 0.3) is 16.8 Å². The molecule has 1 saturated carbocycles. The Balaban J connectivity index is 1.34. The number of amides is 1. The summed E-state index contributed by atoms with van der Waals surface area (Å²) in [4.78, 5) is 14.1. The SMILES string of the molecule is Cn1ncc(OC[C@H]2CCN2CCF)c1-c1ccn2nc(NC(=O)C3CC3)cc2c1. The molecule has 1 atom stereocenters. The number of nitrogens with one attached hydrogen (secondary N) is 1. The molecule has 158 valence electrons. The number of rotatable bonds is 8. The van der Waals surface area contributed by atoms with Crippen molar-refractivity contribution in [1.82, 2.24) is 24.3 Å². The number of carbonyl (C=O) groups is 1. The van der Waals surface area contributed by atoms with E-state index in [1.165, 1.54) is 0 Å². The number of halogens is 1. The van der Waals surface area contributed by atoms with Crippen LogP contribution in [0, 0.1) is 5.92 Å². The quantitative estimate of drug-likeness (QED) is 0.615. The van der Waals surface area contributed by atoms with E-state index in [0.29, 0.717) is 24.7 Å². The lowest BCUT2D eigenvalue weighted by molar-refractivity contribution is -0.117. The summed E-state index contributed by atoms with van der Waals surface area (Å²) in [5.41, 5.74) is 2.70. The molecule has 9 heteroatoms. The van der Waals surface area contributed by atoms with Gasteiger partial charge in [0.05, 0.1) is 11.7 Å². The van der Waals surface area contributed by atoms with Gasteiger partial charge in [-0.1, -0.05) is 0 Å². The maximum atomic E-state index is 12.6. The number of alkyl halides is 1. The number of anilines is 1. The summed E-state index contributed by atoms with van der Waals surface area (Å²) < 4.78 is 22.2. The molecule has 2 aliphatic rings. The first-order valence-corrected chi connectivity index (χ1v) is 10.4. The van der Waals surface area contributed by atoms with Crippen molar-refractivity contribution in [2.45, 2.75) is 25.3 Å². The average molecular weight is 412 g/mol. The molecule has 3 aromatic heterocycles. The minimum atomic E-state index is -0.330. The van der Waals surface area contributed by atoms with Crippen LogP contribution in [0.1, 0.15) is 19.3 Å². The van der Waals surface area contributed by atoms with Crippen molar-refractivity contribution in [3.05, 3.63) is 30.6 Å². The van der Waals surface area contributed by atoms with Gasteiger partial charge in [0.15, 0.2) is 11.6 Å². The Morgan fingerprint density at radius 1 is 1.33 bits per heavy atom. The summed E-state index contributed by atoms with van der Waals surface area (Å²) in [5.74, 6) is 1.44. The molecule has 1 N–H and O–H groups in total. The first-order chi connectivity index (χ1) is 14.6. The molecule has 0 radical (unpaired) electrons. The van der Waals surface area contributed by atoms with E-state index >= 15 is 0 Å². The molecule has 4 heterocycles. The van der Waals surface area contributed by atoms with E-state index in [1.807, 2.05) is 31.4 Å². The minimum absolute atomic E-state index is 0.0405. The van der Waals surface area contributed by atoms with Gasteiger partial charge < -0.3 is 10.1 Å². The molecule has 0 aromatic carbocycles. The predicted octanol–water partition coefficient (Wildman–Crippen LogP) is 2.51. The van der Waals surface area contributed by atoms with Crippen molar-refractivity contribution in [3.63, 3.8) is 0 Å². The van der Waals surface area contributed by atoms with E-state index in [0.717, 1.165) is 42.6 Å². The number of pyridine rings is 1. The zero-order valence-electron chi connectivity index (χ0n) is 16.9. The van der Waals surface area contributed by atoms with E-state index in [2.05, 4.69) is 20.4 Å². The van der Waals surface area contributed by atoms with Gasteiger partial charge >= 0.3 is 0 Å². The van der Waals surface area contributed by atoms with Gasteiger partial charge in [0, 0.05) is 49.9 Å². The molecular weight excluding hydrogens is 387 g/mol. The highest BCUT2D eigenvalue weighted by Crippen LogP contribution is 2.32. The zero-order valence-corrected chi connectivity index (χ0v) is 16.9. The smallest absolute Gasteiger partial charge is 0.228 e. The number of likely N-dealkylation sites (tertiary alicyclic amines) is 1. The first kappa shape index (κ1) is 19.0. The van der Waals surface area contributed by atoms with Gasteiger partial charge in [-0.2, -0.15) is 10.2 Å². The fourth-order valence-corrected chi connectivity index (χ4v) is 3.90. The number of fused-ring (bicyclic) bond motifs is 1. The van der Waals surface area contributed by atoms with Crippen LogP contribution < -0.4 is 10.1 Å².